The van der Waals surface area contributed by atoms with E-state index in [-0.39, 0.29) is 31.8 Å². The molecule has 0 aliphatic carbocycles. The quantitative estimate of drug-likeness (QED) is 0.829. The number of hydrogen-bond acceptors (Lipinski definition) is 4. The van der Waals surface area contributed by atoms with Crippen molar-refractivity contribution in [1.29, 1.82) is 0 Å². The zero-order chi connectivity index (χ0) is 17.9. The van der Waals surface area contributed by atoms with E-state index in [1.165, 1.54) is 4.90 Å². The molecule has 2 saturated heterocycles. The van der Waals surface area contributed by atoms with Gasteiger partial charge in [0.15, 0.2) is 5.67 Å². The summed E-state index contributed by atoms with van der Waals surface area (Å²) in [6.45, 7) is 2.22. The van der Waals surface area contributed by atoms with Crippen molar-refractivity contribution in [3.05, 3.63) is 29.8 Å². The van der Waals surface area contributed by atoms with Crippen molar-refractivity contribution in [2.24, 2.45) is 0 Å². The third kappa shape index (κ3) is 3.76. The monoisotopic (exact) mass is 350 g/mol. The Kier molecular flexibility index (Phi) is 5.22. The van der Waals surface area contributed by atoms with E-state index in [1.807, 2.05) is 0 Å². The summed E-state index contributed by atoms with van der Waals surface area (Å²) >= 11 is 0. The molecule has 1 aromatic rings. The van der Waals surface area contributed by atoms with Crippen molar-refractivity contribution in [2.75, 3.05) is 46.5 Å². The molecule has 2 aliphatic heterocycles. The van der Waals surface area contributed by atoms with Gasteiger partial charge in [-0.1, -0.05) is 0 Å². The van der Waals surface area contributed by atoms with Gasteiger partial charge in [0.2, 0.25) is 0 Å². The second-order valence-electron chi connectivity index (χ2n) is 6.39. The highest BCUT2D eigenvalue weighted by Gasteiger charge is 2.45. The van der Waals surface area contributed by atoms with Crippen LogP contribution in [0.15, 0.2) is 24.3 Å². The molecule has 1 aromatic carbocycles. The number of hydrogen-bond donors (Lipinski definition) is 0. The molecule has 0 radical (unpaired) electrons. The molecule has 2 fully saturated rings. The van der Waals surface area contributed by atoms with Crippen LogP contribution in [0.3, 0.4) is 0 Å². The fraction of sp³-hybridized carbons (Fsp3) is 0.556. The predicted octanol–water partition coefficient (Wildman–Crippen LogP) is 1.50. The number of nitrogens with zero attached hydrogens (tertiary/aromatic N) is 2. The molecule has 2 heterocycles. The van der Waals surface area contributed by atoms with Crippen molar-refractivity contribution in [3.63, 3.8) is 0 Å². The average molecular weight is 350 g/mol. The van der Waals surface area contributed by atoms with Crippen molar-refractivity contribution < 1.29 is 23.5 Å². The van der Waals surface area contributed by atoms with Gasteiger partial charge in [-0.05, 0) is 24.3 Å². The molecule has 0 saturated carbocycles. The first kappa shape index (κ1) is 17.7. The highest BCUT2D eigenvalue weighted by atomic mass is 19.1. The number of carbonyl (C=O) groups is 2. The Morgan fingerprint density at radius 1 is 1.04 bits per heavy atom. The van der Waals surface area contributed by atoms with E-state index in [0.717, 1.165) is 0 Å². The van der Waals surface area contributed by atoms with Crippen LogP contribution in [0.4, 0.5) is 4.39 Å². The molecule has 3 rings (SSSR count). The molecule has 136 valence electrons. The Labute approximate surface area is 146 Å². The predicted molar refractivity (Wildman–Crippen MR) is 89.4 cm³/mol. The smallest absolute Gasteiger partial charge is 0.260 e. The number of rotatable bonds is 3. The fourth-order valence-corrected chi connectivity index (χ4v) is 3.24. The number of morpholine rings is 1. The Hall–Kier alpha value is -2.15. The number of carbonyl (C=O) groups excluding carboxylic acids is 2. The summed E-state index contributed by atoms with van der Waals surface area (Å²) in [4.78, 5) is 28.1. The first-order valence-electron chi connectivity index (χ1n) is 8.53. The number of piperidine rings is 1. The lowest BCUT2D eigenvalue weighted by molar-refractivity contribution is -0.151. The maximum atomic E-state index is 15.1. The molecule has 6 nitrogen and oxygen atoms in total. The molecule has 2 amide bonds. The molecule has 0 N–H and O–H groups in total. The minimum absolute atomic E-state index is 0.0328. The van der Waals surface area contributed by atoms with Gasteiger partial charge in [-0.3, -0.25) is 9.59 Å². The molecular formula is C18H23FN2O4. The molecule has 0 bridgehead atoms. The molecule has 25 heavy (non-hydrogen) atoms. The number of halogens is 1. The van der Waals surface area contributed by atoms with E-state index in [4.69, 9.17) is 9.47 Å². The van der Waals surface area contributed by atoms with Gasteiger partial charge >= 0.3 is 0 Å². The number of likely N-dealkylation sites (tertiary alicyclic amines) is 1. The number of methoxy groups -OCH3 is 1. The highest BCUT2D eigenvalue weighted by molar-refractivity contribution is 5.94. The molecule has 0 unspecified atom stereocenters. The van der Waals surface area contributed by atoms with E-state index < -0.39 is 11.6 Å². The average Bonchev–Trinajstić information content (AvgIpc) is 2.68. The van der Waals surface area contributed by atoms with Crippen LogP contribution in [0.25, 0.3) is 0 Å². The van der Waals surface area contributed by atoms with Crippen molar-refractivity contribution in [3.8, 4) is 5.75 Å². The van der Waals surface area contributed by atoms with Crippen LogP contribution < -0.4 is 4.74 Å². The zero-order valence-electron chi connectivity index (χ0n) is 14.4. The summed E-state index contributed by atoms with van der Waals surface area (Å²) in [6.07, 6.45) is 0.0656. The summed E-state index contributed by atoms with van der Waals surface area (Å²) in [7, 11) is 1.56. The van der Waals surface area contributed by atoms with Gasteiger partial charge in [0, 0.05) is 44.6 Å². The summed E-state index contributed by atoms with van der Waals surface area (Å²) in [6, 6.07) is 6.83. The Bertz CT molecular complexity index is 620. The van der Waals surface area contributed by atoms with Crippen molar-refractivity contribution >= 4 is 11.8 Å². The third-order valence-electron chi connectivity index (χ3n) is 4.86. The van der Waals surface area contributed by atoms with E-state index >= 15 is 4.39 Å². The topological polar surface area (TPSA) is 59.1 Å². The lowest BCUT2D eigenvalue weighted by atomic mass is 9.91. The molecular weight excluding hydrogens is 327 g/mol. The van der Waals surface area contributed by atoms with Gasteiger partial charge in [-0.2, -0.15) is 0 Å². The second-order valence-corrected chi connectivity index (χ2v) is 6.39. The van der Waals surface area contributed by atoms with Crippen molar-refractivity contribution in [2.45, 2.75) is 18.5 Å². The van der Waals surface area contributed by atoms with Crippen molar-refractivity contribution in [1.82, 2.24) is 9.80 Å². The van der Waals surface area contributed by atoms with Gasteiger partial charge in [0.25, 0.3) is 11.8 Å². The lowest BCUT2D eigenvalue weighted by Crippen LogP contribution is -2.55. The third-order valence-corrected chi connectivity index (χ3v) is 4.86. The first-order chi connectivity index (χ1) is 12.0. The first-order valence-corrected chi connectivity index (χ1v) is 8.53. The molecule has 2 aliphatic rings. The molecule has 0 atom stereocenters. The Morgan fingerprint density at radius 2 is 1.64 bits per heavy atom. The summed E-state index contributed by atoms with van der Waals surface area (Å²) in [5.74, 6) is 0.0601. The fourth-order valence-electron chi connectivity index (χ4n) is 3.24. The van der Waals surface area contributed by atoms with Crippen LogP contribution in [0.1, 0.15) is 23.2 Å². The standard InChI is InChI=1S/C18H23FN2O4/c1-24-15-4-2-14(3-5-15)16(22)20-8-6-18(19,7-9-20)17(23)21-10-12-25-13-11-21/h2-5H,6-13H2,1H3. The Morgan fingerprint density at radius 3 is 2.20 bits per heavy atom. The molecule has 0 aromatic heterocycles. The van der Waals surface area contributed by atoms with Crippen LogP contribution in [0, 0.1) is 0 Å². The summed E-state index contributed by atoms with van der Waals surface area (Å²) in [5.41, 5.74) is -1.35. The van der Waals surface area contributed by atoms with E-state index in [9.17, 15) is 9.59 Å². The summed E-state index contributed by atoms with van der Waals surface area (Å²) < 4.78 is 25.4. The van der Waals surface area contributed by atoms with Crippen LogP contribution in [-0.2, 0) is 9.53 Å². The maximum absolute atomic E-state index is 15.1. The second kappa shape index (κ2) is 7.39. The molecule has 0 spiro atoms. The van der Waals surface area contributed by atoms with E-state index in [1.54, 1.807) is 36.3 Å². The highest BCUT2D eigenvalue weighted by Crippen LogP contribution is 2.30. The van der Waals surface area contributed by atoms with Gasteiger partial charge < -0.3 is 19.3 Å². The van der Waals surface area contributed by atoms with Crippen LogP contribution in [0.2, 0.25) is 0 Å². The number of alkyl halides is 1. The number of benzene rings is 1. The number of amides is 2. The van der Waals surface area contributed by atoms with Crippen LogP contribution in [-0.4, -0.2) is 73.8 Å². The van der Waals surface area contributed by atoms with Gasteiger partial charge in [0.1, 0.15) is 5.75 Å². The summed E-state index contributed by atoms with van der Waals surface area (Å²) in [5, 5.41) is 0. The van der Waals surface area contributed by atoms with E-state index in [0.29, 0.717) is 37.6 Å². The number of ether oxygens (including phenoxy) is 2. The van der Waals surface area contributed by atoms with Crippen LogP contribution >= 0.6 is 0 Å². The van der Waals surface area contributed by atoms with Gasteiger partial charge in [-0.25, -0.2) is 4.39 Å². The minimum Gasteiger partial charge on any atom is -0.497 e. The zero-order valence-corrected chi connectivity index (χ0v) is 14.4. The maximum Gasteiger partial charge on any atom is 0.260 e. The Balaban J connectivity index is 1.60. The SMILES string of the molecule is COc1ccc(C(=O)N2CCC(F)(C(=O)N3CCOCC3)CC2)cc1. The van der Waals surface area contributed by atoms with Gasteiger partial charge in [0.05, 0.1) is 20.3 Å². The van der Waals surface area contributed by atoms with Crippen LogP contribution in [0.5, 0.6) is 5.75 Å². The molecule has 7 heteroatoms. The largest absolute Gasteiger partial charge is 0.497 e. The van der Waals surface area contributed by atoms with E-state index in [2.05, 4.69) is 0 Å². The normalized spacial score (nSPS) is 20.2. The lowest BCUT2D eigenvalue weighted by Gasteiger charge is -2.39. The van der Waals surface area contributed by atoms with Gasteiger partial charge in [-0.15, -0.1) is 0 Å². The minimum atomic E-state index is -1.88.